The third-order valence-corrected chi connectivity index (χ3v) is 2.49. The number of nitrogens with one attached hydrogen (secondary N) is 1. The molecule has 6 heteroatoms. The van der Waals surface area contributed by atoms with Crippen LogP contribution in [-0.2, 0) is 0 Å². The predicted octanol–water partition coefficient (Wildman–Crippen LogP) is 1.19. The van der Waals surface area contributed by atoms with Gasteiger partial charge in [-0.15, -0.1) is 0 Å². The van der Waals surface area contributed by atoms with Crippen molar-refractivity contribution in [3.63, 3.8) is 0 Å². The van der Waals surface area contributed by atoms with Gasteiger partial charge in [-0.1, -0.05) is 11.6 Å². The van der Waals surface area contributed by atoms with Gasteiger partial charge >= 0.3 is 11.1 Å². The van der Waals surface area contributed by atoms with Crippen LogP contribution in [0.2, 0.25) is 5.02 Å². The molecule has 5 nitrogen and oxygen atoms in total. The average molecular weight is 253 g/mol. The lowest BCUT2D eigenvalue weighted by atomic mass is 10.3. The van der Waals surface area contributed by atoms with Crippen LogP contribution >= 0.6 is 11.6 Å². The third-order valence-electron chi connectivity index (χ3n) is 2.25. The molecule has 88 valence electrons. The van der Waals surface area contributed by atoms with Crippen LogP contribution in [0, 0.1) is 0 Å². The van der Waals surface area contributed by atoms with E-state index in [-0.39, 0.29) is 0 Å². The number of aromatic nitrogens is 2. The van der Waals surface area contributed by atoms with Crippen LogP contribution in [-0.4, -0.2) is 16.7 Å². The number of rotatable bonds is 2. The van der Waals surface area contributed by atoms with E-state index in [0.717, 1.165) is 0 Å². The fourth-order valence-corrected chi connectivity index (χ4v) is 1.63. The molecule has 0 fully saturated rings. The van der Waals surface area contributed by atoms with E-state index in [0.29, 0.717) is 16.5 Å². The Morgan fingerprint density at radius 3 is 2.82 bits per heavy atom. The lowest BCUT2D eigenvalue weighted by Crippen LogP contribution is -2.34. The van der Waals surface area contributed by atoms with E-state index in [1.807, 2.05) is 0 Å². The van der Waals surface area contributed by atoms with E-state index in [4.69, 9.17) is 16.3 Å². The molecule has 0 aliphatic rings. The molecule has 0 unspecified atom stereocenters. The molecule has 2 rings (SSSR count). The van der Waals surface area contributed by atoms with Crippen molar-refractivity contribution < 1.29 is 4.74 Å². The van der Waals surface area contributed by atoms with Crippen molar-refractivity contribution in [1.82, 2.24) is 9.55 Å². The number of H-pyrrole nitrogens is 1. The standard InChI is InChI=1S/C11H9ClN2O3/c1-17-9-3-2-7(12)6-8(9)14-5-4-13-10(15)11(14)16/h2-6H,1H3,(H,13,15). The van der Waals surface area contributed by atoms with E-state index in [1.165, 1.54) is 24.1 Å². The van der Waals surface area contributed by atoms with Crippen molar-refractivity contribution >= 4 is 11.6 Å². The van der Waals surface area contributed by atoms with Gasteiger partial charge in [-0.3, -0.25) is 14.2 Å². The molecule has 0 aliphatic heterocycles. The summed E-state index contributed by atoms with van der Waals surface area (Å²) in [4.78, 5) is 25.2. The maximum Gasteiger partial charge on any atom is 0.320 e. The lowest BCUT2D eigenvalue weighted by Gasteiger charge is -2.10. The molecule has 1 heterocycles. The van der Waals surface area contributed by atoms with Gasteiger partial charge < -0.3 is 9.72 Å². The summed E-state index contributed by atoms with van der Waals surface area (Å²) < 4.78 is 6.30. The molecule has 1 aromatic carbocycles. The maximum absolute atomic E-state index is 11.7. The Balaban J connectivity index is 2.76. The number of hydrogen-bond acceptors (Lipinski definition) is 3. The van der Waals surface area contributed by atoms with Gasteiger partial charge in [0, 0.05) is 17.4 Å². The largest absolute Gasteiger partial charge is 0.495 e. The van der Waals surface area contributed by atoms with E-state index in [2.05, 4.69) is 4.98 Å². The molecule has 0 saturated carbocycles. The van der Waals surface area contributed by atoms with Crippen LogP contribution < -0.4 is 15.9 Å². The fraction of sp³-hybridized carbons (Fsp3) is 0.0909. The second kappa shape index (κ2) is 4.47. The summed E-state index contributed by atoms with van der Waals surface area (Å²) in [6, 6.07) is 4.83. The molecule has 0 atom stereocenters. The smallest absolute Gasteiger partial charge is 0.320 e. The van der Waals surface area contributed by atoms with Crippen LogP contribution in [0.15, 0.2) is 40.2 Å². The van der Waals surface area contributed by atoms with E-state index >= 15 is 0 Å². The van der Waals surface area contributed by atoms with Gasteiger partial charge in [0.1, 0.15) is 5.75 Å². The number of hydrogen-bond donors (Lipinski definition) is 1. The predicted molar refractivity (Wildman–Crippen MR) is 64.2 cm³/mol. The van der Waals surface area contributed by atoms with E-state index in [1.54, 1.807) is 18.2 Å². The van der Waals surface area contributed by atoms with Gasteiger partial charge in [0.15, 0.2) is 0 Å². The van der Waals surface area contributed by atoms with Crippen molar-refractivity contribution in [3.8, 4) is 11.4 Å². The van der Waals surface area contributed by atoms with Crippen molar-refractivity contribution in [1.29, 1.82) is 0 Å². The highest BCUT2D eigenvalue weighted by molar-refractivity contribution is 6.30. The third kappa shape index (κ3) is 2.09. The van der Waals surface area contributed by atoms with E-state index < -0.39 is 11.1 Å². The van der Waals surface area contributed by atoms with E-state index in [9.17, 15) is 9.59 Å². The van der Waals surface area contributed by atoms with Gasteiger partial charge in [0.05, 0.1) is 12.8 Å². The Hall–Kier alpha value is -2.01. The zero-order valence-corrected chi connectivity index (χ0v) is 9.69. The Bertz CT molecular complexity index is 660. The Morgan fingerprint density at radius 1 is 1.35 bits per heavy atom. The zero-order chi connectivity index (χ0) is 12.4. The Labute approximate surface area is 101 Å². The van der Waals surface area contributed by atoms with Gasteiger partial charge in [-0.2, -0.15) is 0 Å². The number of nitrogens with zero attached hydrogens (tertiary/aromatic N) is 1. The summed E-state index contributed by atoms with van der Waals surface area (Å²) in [5.41, 5.74) is -0.960. The summed E-state index contributed by atoms with van der Waals surface area (Å²) in [5, 5.41) is 0.452. The zero-order valence-electron chi connectivity index (χ0n) is 8.94. The Morgan fingerprint density at radius 2 is 2.12 bits per heavy atom. The second-order valence-electron chi connectivity index (χ2n) is 3.28. The summed E-state index contributed by atoms with van der Waals surface area (Å²) in [7, 11) is 1.48. The summed E-state index contributed by atoms with van der Waals surface area (Å²) in [6.45, 7) is 0. The average Bonchev–Trinajstić information content (AvgIpc) is 2.33. The van der Waals surface area contributed by atoms with Crippen molar-refractivity contribution in [3.05, 3.63) is 56.3 Å². The summed E-state index contributed by atoms with van der Waals surface area (Å²) >= 11 is 5.86. The molecule has 2 aromatic rings. The first-order valence-electron chi connectivity index (χ1n) is 4.78. The topological polar surface area (TPSA) is 64.1 Å². The second-order valence-corrected chi connectivity index (χ2v) is 3.72. The van der Waals surface area contributed by atoms with Crippen LogP contribution in [0.1, 0.15) is 0 Å². The first-order valence-corrected chi connectivity index (χ1v) is 5.15. The molecule has 0 radical (unpaired) electrons. The molecule has 17 heavy (non-hydrogen) atoms. The SMILES string of the molecule is COc1ccc(Cl)cc1-n1cc[nH]c(=O)c1=O. The molecule has 0 bridgehead atoms. The van der Waals surface area contributed by atoms with Gasteiger partial charge in [0.25, 0.3) is 0 Å². The normalized spacial score (nSPS) is 10.2. The lowest BCUT2D eigenvalue weighted by molar-refractivity contribution is 0.412. The quantitative estimate of drug-likeness (QED) is 0.817. The van der Waals surface area contributed by atoms with Gasteiger partial charge in [0.2, 0.25) is 0 Å². The van der Waals surface area contributed by atoms with Gasteiger partial charge in [-0.25, -0.2) is 0 Å². The van der Waals surface area contributed by atoms with Gasteiger partial charge in [-0.05, 0) is 18.2 Å². The molecule has 0 spiro atoms. The minimum Gasteiger partial charge on any atom is -0.495 e. The van der Waals surface area contributed by atoms with Crippen LogP contribution in [0.5, 0.6) is 5.75 Å². The highest BCUT2D eigenvalue weighted by Crippen LogP contribution is 2.24. The molecule has 1 N–H and O–H groups in total. The Kier molecular flexibility index (Phi) is 3.01. The molecule has 0 aliphatic carbocycles. The maximum atomic E-state index is 11.7. The molecule has 0 amide bonds. The number of methoxy groups -OCH3 is 1. The minimum absolute atomic E-state index is 0.427. The van der Waals surface area contributed by atoms with Crippen molar-refractivity contribution in [2.24, 2.45) is 0 Å². The number of aromatic amines is 1. The molecule has 1 aromatic heterocycles. The van der Waals surface area contributed by atoms with Crippen LogP contribution in [0.4, 0.5) is 0 Å². The first kappa shape index (κ1) is 11.5. The molecule has 0 saturated heterocycles. The summed E-state index contributed by atoms with van der Waals surface area (Å²) in [5.74, 6) is 0.460. The van der Waals surface area contributed by atoms with Crippen LogP contribution in [0.25, 0.3) is 5.69 Å². The fourth-order valence-electron chi connectivity index (χ4n) is 1.47. The number of ether oxygens (including phenoxy) is 1. The highest BCUT2D eigenvalue weighted by Gasteiger charge is 2.09. The monoisotopic (exact) mass is 252 g/mol. The van der Waals surface area contributed by atoms with Crippen molar-refractivity contribution in [2.45, 2.75) is 0 Å². The molecular formula is C11H9ClN2O3. The van der Waals surface area contributed by atoms with Crippen LogP contribution in [0.3, 0.4) is 0 Å². The van der Waals surface area contributed by atoms with Crippen molar-refractivity contribution in [2.75, 3.05) is 7.11 Å². The molecular weight excluding hydrogens is 244 g/mol. The first-order chi connectivity index (χ1) is 8.13. The summed E-state index contributed by atoms with van der Waals surface area (Å²) in [6.07, 6.45) is 2.82. The number of halogens is 1. The number of benzene rings is 1. The highest BCUT2D eigenvalue weighted by atomic mass is 35.5. The minimum atomic E-state index is -0.700.